The lowest BCUT2D eigenvalue weighted by Crippen LogP contribution is -3.00. The number of halogens is 2. The first-order chi connectivity index (χ1) is 19.5. The Morgan fingerprint density at radius 2 is 0.571 bits per heavy atom. The number of hydrogen-bond acceptors (Lipinski definition) is 0. The fourth-order valence-corrected chi connectivity index (χ4v) is 6.49. The van der Waals surface area contributed by atoms with Crippen molar-refractivity contribution in [1.29, 1.82) is 0 Å². The second kappa shape index (κ2) is 23.3. The highest BCUT2D eigenvalue weighted by atomic mass is 35.5. The second-order valence-electron chi connectivity index (χ2n) is 12.9. The highest BCUT2D eigenvalue weighted by Gasteiger charge is 2.27. The molecule has 242 valence electrons. The van der Waals surface area contributed by atoms with Crippen LogP contribution in [-0.2, 0) is 13.1 Å². The van der Waals surface area contributed by atoms with Crippen molar-refractivity contribution < 1.29 is 33.8 Å². The van der Waals surface area contributed by atoms with Crippen LogP contribution in [0.15, 0.2) is 48.5 Å². The maximum Gasteiger partial charge on any atom is 0.104 e. The Balaban J connectivity index is 0.00000840. The van der Waals surface area contributed by atoms with Crippen LogP contribution in [0.2, 0.25) is 0 Å². The summed E-state index contributed by atoms with van der Waals surface area (Å²) in [5.74, 6) is 0. The summed E-state index contributed by atoms with van der Waals surface area (Å²) in [7, 11) is 0. The highest BCUT2D eigenvalue weighted by molar-refractivity contribution is 5.63. The topological polar surface area (TPSA) is 0 Å². The third-order valence-electron chi connectivity index (χ3n) is 9.19. The molecule has 42 heavy (non-hydrogen) atoms. The molecule has 0 bridgehead atoms. The van der Waals surface area contributed by atoms with E-state index in [1.807, 2.05) is 0 Å². The predicted octanol–water partition coefficient (Wildman–Crippen LogP) is 4.80. The van der Waals surface area contributed by atoms with E-state index in [9.17, 15) is 0 Å². The fourth-order valence-electron chi connectivity index (χ4n) is 6.49. The molecule has 2 aromatic rings. The van der Waals surface area contributed by atoms with E-state index >= 15 is 0 Å². The molecule has 0 N–H and O–H groups in total. The largest absolute Gasteiger partial charge is 1.00 e. The predicted molar refractivity (Wildman–Crippen MR) is 178 cm³/mol. The van der Waals surface area contributed by atoms with Gasteiger partial charge in [0, 0.05) is 11.1 Å². The minimum Gasteiger partial charge on any atom is -1.00 e. The molecule has 2 aromatic carbocycles. The monoisotopic (exact) mass is 620 g/mol. The van der Waals surface area contributed by atoms with E-state index in [1.54, 1.807) is 0 Å². The first-order valence-corrected chi connectivity index (χ1v) is 17.4. The zero-order chi connectivity index (χ0) is 29.1. The Hall–Kier alpha value is -1.06. The molecule has 0 saturated heterocycles. The summed E-state index contributed by atoms with van der Waals surface area (Å²) >= 11 is 0. The van der Waals surface area contributed by atoms with Crippen LogP contribution in [0.1, 0.15) is 130 Å². The summed E-state index contributed by atoms with van der Waals surface area (Å²) < 4.78 is 2.55. The van der Waals surface area contributed by atoms with Crippen molar-refractivity contribution in [3.05, 3.63) is 59.7 Å². The van der Waals surface area contributed by atoms with Crippen molar-refractivity contribution in [2.75, 3.05) is 39.3 Å². The van der Waals surface area contributed by atoms with Gasteiger partial charge in [-0.15, -0.1) is 0 Å². The van der Waals surface area contributed by atoms with Gasteiger partial charge in [0.2, 0.25) is 0 Å². The molecule has 0 spiro atoms. The molecule has 0 fully saturated rings. The van der Waals surface area contributed by atoms with E-state index in [0.29, 0.717) is 0 Å². The molecule has 4 heteroatoms. The van der Waals surface area contributed by atoms with E-state index in [-0.39, 0.29) is 24.8 Å². The third kappa shape index (κ3) is 14.1. The van der Waals surface area contributed by atoms with Gasteiger partial charge < -0.3 is 33.8 Å². The molecule has 0 amide bonds. The molecule has 0 aliphatic heterocycles. The van der Waals surface area contributed by atoms with Crippen LogP contribution in [0.25, 0.3) is 11.1 Å². The van der Waals surface area contributed by atoms with Gasteiger partial charge in [0.1, 0.15) is 13.1 Å². The normalized spacial score (nSPS) is 11.7. The van der Waals surface area contributed by atoms with Crippen LogP contribution in [0.4, 0.5) is 0 Å². The van der Waals surface area contributed by atoms with E-state index in [4.69, 9.17) is 0 Å². The Labute approximate surface area is 274 Å². The van der Waals surface area contributed by atoms with E-state index in [0.717, 1.165) is 0 Å². The molecule has 0 aromatic heterocycles. The van der Waals surface area contributed by atoms with Gasteiger partial charge in [-0.2, -0.15) is 0 Å². The lowest BCUT2D eigenvalue weighted by molar-refractivity contribution is -0.941. The SMILES string of the molecule is CCCC[N+](CCCC)(CCCC)Cc1ccc(-c2ccc(C[N+](CCCC)(CCCC)CCCC)cc2)cc1.[Cl-].[Cl-]. The average molecular weight is 622 g/mol. The molecule has 0 radical (unpaired) electrons. The van der Waals surface area contributed by atoms with Crippen LogP contribution in [-0.4, -0.2) is 48.2 Å². The zero-order valence-electron chi connectivity index (χ0n) is 28.4. The van der Waals surface area contributed by atoms with Crippen molar-refractivity contribution in [2.24, 2.45) is 0 Å². The number of nitrogens with zero attached hydrogens (tertiary/aromatic N) is 2. The standard InChI is InChI=1S/C38H66N2.2ClH/c1-7-13-27-39(28-14-8-2,29-15-9-3)33-35-19-23-37(24-20-35)38-25-21-36(22-26-38)34-40(30-16-10-4,31-17-11-5)32-18-12-6;;/h19-26H,7-18,27-34H2,1-6H3;2*1H/q+2;;/p-2. The number of quaternary nitrogens is 2. The van der Waals surface area contributed by atoms with Gasteiger partial charge in [-0.1, -0.05) is 129 Å². The van der Waals surface area contributed by atoms with Crippen LogP contribution < -0.4 is 24.8 Å². The first-order valence-electron chi connectivity index (χ1n) is 17.4. The molecule has 2 nitrogen and oxygen atoms in total. The van der Waals surface area contributed by atoms with Crippen LogP contribution in [0.5, 0.6) is 0 Å². The summed E-state index contributed by atoms with van der Waals surface area (Å²) in [5, 5.41) is 0. The summed E-state index contributed by atoms with van der Waals surface area (Å²) in [6, 6.07) is 19.2. The fraction of sp³-hybridized carbons (Fsp3) is 0.684. The van der Waals surface area contributed by atoms with E-state index < -0.39 is 0 Å². The van der Waals surface area contributed by atoms with Gasteiger partial charge in [0.25, 0.3) is 0 Å². The van der Waals surface area contributed by atoms with Crippen molar-refractivity contribution in [2.45, 2.75) is 132 Å². The quantitative estimate of drug-likeness (QED) is 0.157. The van der Waals surface area contributed by atoms with Gasteiger partial charge in [0.15, 0.2) is 0 Å². The van der Waals surface area contributed by atoms with Gasteiger partial charge in [-0.25, -0.2) is 0 Å². The van der Waals surface area contributed by atoms with Gasteiger partial charge in [0.05, 0.1) is 39.3 Å². The molecular formula is C38H66Cl2N2. The number of hydrogen-bond donors (Lipinski definition) is 0. The Morgan fingerprint density at radius 3 is 0.762 bits per heavy atom. The molecule has 0 atom stereocenters. The minimum atomic E-state index is 0. The Morgan fingerprint density at radius 1 is 0.357 bits per heavy atom. The number of benzene rings is 2. The zero-order valence-corrected chi connectivity index (χ0v) is 29.9. The number of unbranched alkanes of at least 4 members (excludes halogenated alkanes) is 6. The minimum absolute atomic E-state index is 0. The maximum absolute atomic E-state index is 2.42. The third-order valence-corrected chi connectivity index (χ3v) is 9.19. The molecule has 0 unspecified atom stereocenters. The molecule has 0 aliphatic rings. The number of rotatable bonds is 23. The maximum atomic E-state index is 2.42. The van der Waals surface area contributed by atoms with Crippen LogP contribution >= 0.6 is 0 Å². The summed E-state index contributed by atoms with van der Waals surface area (Å²) in [6.45, 7) is 24.4. The van der Waals surface area contributed by atoms with Gasteiger partial charge in [-0.05, 0) is 49.7 Å². The first kappa shape index (κ1) is 40.9. The van der Waals surface area contributed by atoms with E-state index in [2.05, 4.69) is 90.1 Å². The molecule has 2 rings (SSSR count). The van der Waals surface area contributed by atoms with Crippen molar-refractivity contribution in [1.82, 2.24) is 0 Å². The Kier molecular flexibility index (Phi) is 22.7. The average Bonchev–Trinajstić information content (AvgIpc) is 2.99. The Bertz CT molecular complexity index is 775. The van der Waals surface area contributed by atoms with Crippen molar-refractivity contribution in [3.8, 4) is 11.1 Å². The van der Waals surface area contributed by atoms with Crippen molar-refractivity contribution in [3.63, 3.8) is 0 Å². The molecular weight excluding hydrogens is 555 g/mol. The van der Waals surface area contributed by atoms with Gasteiger partial charge in [-0.3, -0.25) is 0 Å². The smallest absolute Gasteiger partial charge is 0.104 e. The lowest BCUT2D eigenvalue weighted by Gasteiger charge is -2.39. The summed E-state index contributed by atoms with van der Waals surface area (Å²) in [5.41, 5.74) is 5.72. The van der Waals surface area contributed by atoms with Crippen LogP contribution in [0.3, 0.4) is 0 Å². The van der Waals surface area contributed by atoms with E-state index in [1.165, 1.54) is 161 Å². The highest BCUT2D eigenvalue weighted by Crippen LogP contribution is 2.26. The second-order valence-corrected chi connectivity index (χ2v) is 12.9. The van der Waals surface area contributed by atoms with Crippen molar-refractivity contribution >= 4 is 0 Å². The summed E-state index contributed by atoms with van der Waals surface area (Å²) in [4.78, 5) is 0. The molecule has 0 heterocycles. The summed E-state index contributed by atoms with van der Waals surface area (Å²) in [6.07, 6.45) is 15.8. The lowest BCUT2D eigenvalue weighted by atomic mass is 10.0. The molecule has 0 aliphatic carbocycles. The van der Waals surface area contributed by atoms with Crippen LogP contribution in [0, 0.1) is 0 Å². The molecule has 0 saturated carbocycles. The van der Waals surface area contributed by atoms with Gasteiger partial charge >= 0.3 is 0 Å².